The van der Waals surface area contributed by atoms with Crippen molar-refractivity contribution in [1.82, 2.24) is 20.5 Å². The van der Waals surface area contributed by atoms with Gasteiger partial charge in [-0.05, 0) is 19.4 Å². The van der Waals surface area contributed by atoms with Gasteiger partial charge in [-0.15, -0.1) is 0 Å². The van der Waals surface area contributed by atoms with Crippen molar-refractivity contribution in [3.05, 3.63) is 24.2 Å². The van der Waals surface area contributed by atoms with Crippen LogP contribution in [0.2, 0.25) is 0 Å². The number of nitrogens with zero attached hydrogens (tertiary/aromatic N) is 2. The van der Waals surface area contributed by atoms with Crippen LogP contribution in [0.5, 0.6) is 0 Å². The molecule has 0 aliphatic carbocycles. The largest absolute Gasteiger partial charge is 0.382 e. The van der Waals surface area contributed by atoms with Crippen LogP contribution < -0.4 is 5.32 Å². The molecule has 2 aromatic heterocycles. The Morgan fingerprint density at radius 1 is 1.56 bits per heavy atom. The summed E-state index contributed by atoms with van der Waals surface area (Å²) in [6.45, 7) is 3.87. The fourth-order valence-corrected chi connectivity index (χ4v) is 1.63. The van der Waals surface area contributed by atoms with Crippen molar-refractivity contribution in [1.29, 1.82) is 0 Å². The summed E-state index contributed by atoms with van der Waals surface area (Å²) >= 11 is 0. The Labute approximate surface area is 105 Å². The lowest BCUT2D eigenvalue weighted by atomic mass is 10.2. The van der Waals surface area contributed by atoms with Crippen LogP contribution >= 0.6 is 0 Å². The second-order valence-corrected chi connectivity index (χ2v) is 3.80. The molecule has 0 radical (unpaired) electrons. The van der Waals surface area contributed by atoms with Gasteiger partial charge >= 0.3 is 0 Å². The van der Waals surface area contributed by atoms with E-state index in [2.05, 4.69) is 20.5 Å². The number of carbonyl (C=O) groups excluding carboxylic acids is 1. The van der Waals surface area contributed by atoms with Crippen LogP contribution in [0.3, 0.4) is 0 Å². The number of aromatic nitrogens is 3. The average molecular weight is 248 g/mol. The Bertz CT molecular complexity index is 524. The number of hydrogen-bond acceptors (Lipinski definition) is 4. The molecule has 0 aliphatic heterocycles. The van der Waals surface area contributed by atoms with Crippen molar-refractivity contribution in [3.8, 4) is 0 Å². The van der Waals surface area contributed by atoms with Crippen LogP contribution in [-0.4, -0.2) is 40.8 Å². The second-order valence-electron chi connectivity index (χ2n) is 3.80. The quantitative estimate of drug-likeness (QED) is 0.750. The van der Waals surface area contributed by atoms with Gasteiger partial charge in [0.1, 0.15) is 0 Å². The highest BCUT2D eigenvalue weighted by atomic mass is 16.5. The van der Waals surface area contributed by atoms with Gasteiger partial charge in [-0.1, -0.05) is 0 Å². The van der Waals surface area contributed by atoms with Gasteiger partial charge in [-0.25, -0.2) is 0 Å². The first-order valence-electron chi connectivity index (χ1n) is 5.97. The number of pyridine rings is 1. The maximum Gasteiger partial charge on any atom is 0.272 e. The zero-order chi connectivity index (χ0) is 12.8. The summed E-state index contributed by atoms with van der Waals surface area (Å²) in [4.78, 5) is 15.9. The van der Waals surface area contributed by atoms with Crippen LogP contribution in [0.15, 0.2) is 18.5 Å². The van der Waals surface area contributed by atoms with Crippen molar-refractivity contribution in [2.45, 2.75) is 13.3 Å². The first-order chi connectivity index (χ1) is 8.83. The lowest BCUT2D eigenvalue weighted by Crippen LogP contribution is -2.25. The number of carbonyl (C=O) groups is 1. The maximum atomic E-state index is 11.9. The molecule has 0 atom stereocenters. The molecule has 0 aliphatic rings. The number of hydrogen-bond donors (Lipinski definition) is 2. The third kappa shape index (κ3) is 2.84. The molecule has 0 bridgehead atoms. The zero-order valence-corrected chi connectivity index (χ0v) is 10.3. The van der Waals surface area contributed by atoms with Crippen LogP contribution in [0.4, 0.5) is 0 Å². The molecule has 2 aromatic rings. The molecular formula is C12H16N4O2. The average Bonchev–Trinajstić information content (AvgIpc) is 2.82. The maximum absolute atomic E-state index is 11.9. The van der Waals surface area contributed by atoms with Gasteiger partial charge in [-0.3, -0.25) is 14.9 Å². The number of ether oxygens (including phenoxy) is 1. The smallest absolute Gasteiger partial charge is 0.272 e. The van der Waals surface area contributed by atoms with E-state index in [0.29, 0.717) is 25.5 Å². The van der Waals surface area contributed by atoms with Crippen molar-refractivity contribution in [2.75, 3.05) is 19.8 Å². The third-order valence-corrected chi connectivity index (χ3v) is 2.53. The van der Waals surface area contributed by atoms with Gasteiger partial charge in [0.25, 0.3) is 5.91 Å². The van der Waals surface area contributed by atoms with E-state index in [4.69, 9.17) is 4.74 Å². The minimum atomic E-state index is -0.189. The van der Waals surface area contributed by atoms with Crippen LogP contribution in [0, 0.1) is 0 Å². The summed E-state index contributed by atoms with van der Waals surface area (Å²) in [7, 11) is 0. The predicted molar refractivity (Wildman–Crippen MR) is 67.3 cm³/mol. The summed E-state index contributed by atoms with van der Waals surface area (Å²) in [5.74, 6) is -0.189. The van der Waals surface area contributed by atoms with Gasteiger partial charge in [0.2, 0.25) is 0 Å². The van der Waals surface area contributed by atoms with Gasteiger partial charge in [0.05, 0.1) is 10.9 Å². The summed E-state index contributed by atoms with van der Waals surface area (Å²) in [5.41, 5.74) is 1.19. The number of amides is 1. The Morgan fingerprint density at radius 3 is 3.28 bits per heavy atom. The van der Waals surface area contributed by atoms with Crippen LogP contribution in [0.25, 0.3) is 10.9 Å². The SMILES string of the molecule is CCOCCCNC(=O)c1n[nH]c2ccncc12. The number of rotatable bonds is 6. The lowest BCUT2D eigenvalue weighted by molar-refractivity contribution is 0.0941. The van der Waals surface area contributed by atoms with E-state index < -0.39 is 0 Å². The molecular weight excluding hydrogens is 232 g/mol. The summed E-state index contributed by atoms with van der Waals surface area (Å²) in [6, 6.07) is 1.79. The zero-order valence-electron chi connectivity index (χ0n) is 10.3. The van der Waals surface area contributed by atoms with Gasteiger partial charge < -0.3 is 10.1 Å². The van der Waals surface area contributed by atoms with Gasteiger partial charge in [0, 0.05) is 32.2 Å². The molecule has 6 nitrogen and oxygen atoms in total. The molecule has 0 saturated heterocycles. The first kappa shape index (κ1) is 12.5. The highest BCUT2D eigenvalue weighted by molar-refractivity contribution is 6.04. The second kappa shape index (κ2) is 6.11. The molecule has 96 valence electrons. The molecule has 0 spiro atoms. The Hall–Kier alpha value is -1.95. The molecule has 0 fully saturated rings. The summed E-state index contributed by atoms with van der Waals surface area (Å²) in [5, 5.41) is 10.3. The minimum Gasteiger partial charge on any atom is -0.382 e. The van der Waals surface area contributed by atoms with E-state index in [-0.39, 0.29) is 5.91 Å². The van der Waals surface area contributed by atoms with E-state index in [1.54, 1.807) is 18.5 Å². The number of nitrogens with one attached hydrogen (secondary N) is 2. The number of fused-ring (bicyclic) bond motifs is 1. The van der Waals surface area contributed by atoms with E-state index in [0.717, 1.165) is 17.3 Å². The molecule has 0 aromatic carbocycles. The van der Waals surface area contributed by atoms with Crippen molar-refractivity contribution < 1.29 is 9.53 Å². The Morgan fingerprint density at radius 2 is 2.44 bits per heavy atom. The fourth-order valence-electron chi connectivity index (χ4n) is 1.63. The normalized spacial score (nSPS) is 10.7. The standard InChI is InChI=1S/C12H16N4O2/c1-2-18-7-3-5-14-12(17)11-9-8-13-6-4-10(9)15-16-11/h4,6,8H,2-3,5,7H2,1H3,(H,14,17)(H,15,16). The minimum absolute atomic E-state index is 0.189. The fraction of sp³-hybridized carbons (Fsp3) is 0.417. The number of aromatic amines is 1. The lowest BCUT2D eigenvalue weighted by Gasteiger charge is -2.03. The highest BCUT2D eigenvalue weighted by Crippen LogP contribution is 2.13. The Balaban J connectivity index is 1.93. The topological polar surface area (TPSA) is 79.9 Å². The summed E-state index contributed by atoms with van der Waals surface area (Å²) < 4.78 is 5.19. The van der Waals surface area contributed by atoms with Crippen LogP contribution in [-0.2, 0) is 4.74 Å². The molecule has 2 N–H and O–H groups in total. The Kier molecular flexibility index (Phi) is 4.25. The predicted octanol–water partition coefficient (Wildman–Crippen LogP) is 1.11. The molecule has 18 heavy (non-hydrogen) atoms. The monoisotopic (exact) mass is 248 g/mol. The summed E-state index contributed by atoms with van der Waals surface area (Å²) in [6.07, 6.45) is 4.08. The molecule has 0 unspecified atom stereocenters. The first-order valence-corrected chi connectivity index (χ1v) is 5.97. The highest BCUT2D eigenvalue weighted by Gasteiger charge is 2.13. The van der Waals surface area contributed by atoms with Gasteiger partial charge in [0.15, 0.2) is 5.69 Å². The van der Waals surface area contributed by atoms with Crippen molar-refractivity contribution >= 4 is 16.8 Å². The van der Waals surface area contributed by atoms with E-state index in [9.17, 15) is 4.79 Å². The molecule has 1 amide bonds. The third-order valence-electron chi connectivity index (χ3n) is 2.53. The van der Waals surface area contributed by atoms with E-state index in [1.165, 1.54) is 0 Å². The molecule has 2 heterocycles. The van der Waals surface area contributed by atoms with E-state index >= 15 is 0 Å². The molecule has 0 saturated carbocycles. The van der Waals surface area contributed by atoms with E-state index in [1.807, 2.05) is 6.92 Å². The van der Waals surface area contributed by atoms with Gasteiger partial charge in [-0.2, -0.15) is 5.10 Å². The van der Waals surface area contributed by atoms with Crippen molar-refractivity contribution in [3.63, 3.8) is 0 Å². The van der Waals surface area contributed by atoms with Crippen LogP contribution in [0.1, 0.15) is 23.8 Å². The molecule has 6 heteroatoms. The van der Waals surface area contributed by atoms with Crippen molar-refractivity contribution in [2.24, 2.45) is 0 Å². The number of H-pyrrole nitrogens is 1. The molecule has 2 rings (SSSR count).